The van der Waals surface area contributed by atoms with Crippen LogP contribution in [0, 0.1) is 0 Å². The summed E-state index contributed by atoms with van der Waals surface area (Å²) >= 11 is 0. The third-order valence-electron chi connectivity index (χ3n) is 3.57. The Morgan fingerprint density at radius 2 is 1.73 bits per heavy atom. The van der Waals surface area contributed by atoms with Gasteiger partial charge >= 0.3 is 5.69 Å². The summed E-state index contributed by atoms with van der Waals surface area (Å²) in [5, 5.41) is 6.63. The molecule has 112 valence electrons. The molecule has 0 bridgehead atoms. The summed E-state index contributed by atoms with van der Waals surface area (Å²) in [5.74, 6) is 0.666. The predicted octanol–water partition coefficient (Wildman–Crippen LogP) is 2.47. The van der Waals surface area contributed by atoms with E-state index < -0.39 is 0 Å². The Morgan fingerprint density at radius 3 is 2.41 bits per heavy atom. The van der Waals surface area contributed by atoms with E-state index in [1.165, 1.54) is 4.68 Å². The van der Waals surface area contributed by atoms with E-state index in [9.17, 15) is 4.79 Å². The van der Waals surface area contributed by atoms with Crippen molar-refractivity contribution in [3.05, 3.63) is 88.1 Å². The molecule has 0 unspecified atom stereocenters. The first-order chi connectivity index (χ1) is 10.7. The zero-order chi connectivity index (χ0) is 15.4. The van der Waals surface area contributed by atoms with E-state index in [4.69, 9.17) is 0 Å². The average molecular weight is 294 g/mol. The first-order valence-corrected chi connectivity index (χ1v) is 7.26. The van der Waals surface area contributed by atoms with Crippen LogP contribution >= 0.6 is 0 Å². The number of rotatable bonds is 5. The number of hydrogen-bond donors (Lipinski definition) is 2. The van der Waals surface area contributed by atoms with Crippen molar-refractivity contribution in [2.75, 3.05) is 5.43 Å². The maximum Gasteiger partial charge on any atom is 0.362 e. The number of aromatic amines is 1. The van der Waals surface area contributed by atoms with Crippen LogP contribution in [0.1, 0.15) is 29.9 Å². The van der Waals surface area contributed by atoms with Crippen LogP contribution in [-0.2, 0) is 6.42 Å². The maximum atomic E-state index is 12.0. The minimum absolute atomic E-state index is 0.00558. The van der Waals surface area contributed by atoms with E-state index >= 15 is 0 Å². The largest absolute Gasteiger partial charge is 0.362 e. The normalized spacial score (nSPS) is 12.0. The van der Waals surface area contributed by atoms with Crippen molar-refractivity contribution >= 4 is 0 Å². The van der Waals surface area contributed by atoms with Gasteiger partial charge in [0.25, 0.3) is 0 Å². The van der Waals surface area contributed by atoms with E-state index in [1.807, 2.05) is 67.6 Å². The minimum Gasteiger partial charge on any atom is -0.313 e. The molecule has 0 aliphatic carbocycles. The lowest BCUT2D eigenvalue weighted by Crippen LogP contribution is -2.30. The SMILES string of the molecule is C[C@@H](Nn1c(Cc2ccccc2)n[nH]c1=O)c1ccccc1. The first kappa shape index (κ1) is 14.1. The summed E-state index contributed by atoms with van der Waals surface area (Å²) in [6, 6.07) is 20.0. The van der Waals surface area contributed by atoms with Crippen LogP contribution in [-0.4, -0.2) is 14.9 Å². The van der Waals surface area contributed by atoms with Crippen LogP contribution in [0.3, 0.4) is 0 Å². The average Bonchev–Trinajstić information content (AvgIpc) is 2.90. The summed E-state index contributed by atoms with van der Waals surface area (Å²) < 4.78 is 1.49. The zero-order valence-corrected chi connectivity index (χ0v) is 12.4. The van der Waals surface area contributed by atoms with Gasteiger partial charge in [-0.2, -0.15) is 9.77 Å². The van der Waals surface area contributed by atoms with Gasteiger partial charge in [0, 0.05) is 6.42 Å². The van der Waals surface area contributed by atoms with Crippen molar-refractivity contribution in [1.82, 2.24) is 14.9 Å². The molecular weight excluding hydrogens is 276 g/mol. The molecule has 0 aliphatic rings. The van der Waals surface area contributed by atoms with Crippen LogP contribution in [0.2, 0.25) is 0 Å². The van der Waals surface area contributed by atoms with Crippen molar-refractivity contribution in [2.24, 2.45) is 0 Å². The zero-order valence-electron chi connectivity index (χ0n) is 12.4. The van der Waals surface area contributed by atoms with E-state index in [2.05, 4.69) is 15.6 Å². The number of nitrogens with one attached hydrogen (secondary N) is 2. The second kappa shape index (κ2) is 6.30. The molecule has 0 aliphatic heterocycles. The first-order valence-electron chi connectivity index (χ1n) is 7.26. The number of nitrogens with zero attached hydrogens (tertiary/aromatic N) is 2. The number of aromatic nitrogens is 3. The Morgan fingerprint density at radius 1 is 1.09 bits per heavy atom. The minimum atomic E-state index is -0.256. The van der Waals surface area contributed by atoms with Gasteiger partial charge < -0.3 is 5.43 Å². The van der Waals surface area contributed by atoms with Gasteiger partial charge in [0.15, 0.2) is 5.82 Å². The predicted molar refractivity (Wildman–Crippen MR) is 86.3 cm³/mol. The lowest BCUT2D eigenvalue weighted by atomic mass is 10.1. The Kier molecular flexibility index (Phi) is 4.05. The topological polar surface area (TPSA) is 62.7 Å². The molecule has 0 spiro atoms. The fraction of sp³-hybridized carbons (Fsp3) is 0.176. The van der Waals surface area contributed by atoms with Crippen molar-refractivity contribution < 1.29 is 0 Å². The summed E-state index contributed by atoms with van der Waals surface area (Å²) in [5.41, 5.74) is 5.17. The Balaban J connectivity index is 1.82. The standard InChI is InChI=1S/C17H18N4O/c1-13(15-10-6-3-7-11-15)20-21-16(18-19-17(21)22)12-14-8-4-2-5-9-14/h2-11,13,20H,12H2,1H3,(H,19,22)/t13-/m1/s1. The van der Waals surface area contributed by atoms with E-state index in [1.54, 1.807) is 0 Å². The number of benzene rings is 2. The van der Waals surface area contributed by atoms with Gasteiger partial charge in [0.1, 0.15) is 0 Å². The van der Waals surface area contributed by atoms with Gasteiger partial charge in [-0.05, 0) is 18.1 Å². The highest BCUT2D eigenvalue weighted by Crippen LogP contribution is 2.13. The molecule has 5 heteroatoms. The van der Waals surface area contributed by atoms with E-state index in [0.29, 0.717) is 12.2 Å². The van der Waals surface area contributed by atoms with Crippen molar-refractivity contribution in [1.29, 1.82) is 0 Å². The third kappa shape index (κ3) is 3.09. The molecule has 1 aromatic heterocycles. The molecule has 2 N–H and O–H groups in total. The van der Waals surface area contributed by atoms with Crippen LogP contribution in [0.4, 0.5) is 0 Å². The summed E-state index contributed by atoms with van der Waals surface area (Å²) in [4.78, 5) is 12.0. The molecule has 2 aromatic carbocycles. The van der Waals surface area contributed by atoms with Crippen LogP contribution in [0.5, 0.6) is 0 Å². The summed E-state index contributed by atoms with van der Waals surface area (Å²) in [7, 11) is 0. The fourth-order valence-corrected chi connectivity index (χ4v) is 2.37. The summed E-state index contributed by atoms with van der Waals surface area (Å²) in [6.07, 6.45) is 0.591. The highest BCUT2D eigenvalue weighted by molar-refractivity contribution is 5.22. The van der Waals surface area contributed by atoms with Crippen LogP contribution < -0.4 is 11.1 Å². The van der Waals surface area contributed by atoms with Gasteiger partial charge in [0.2, 0.25) is 0 Å². The number of hydrogen-bond acceptors (Lipinski definition) is 3. The molecule has 1 atom stereocenters. The maximum absolute atomic E-state index is 12.0. The molecular formula is C17H18N4O. The van der Waals surface area contributed by atoms with Crippen molar-refractivity contribution in [3.8, 4) is 0 Å². The lowest BCUT2D eigenvalue weighted by Gasteiger charge is -2.16. The molecule has 0 saturated heterocycles. The highest BCUT2D eigenvalue weighted by Gasteiger charge is 2.12. The van der Waals surface area contributed by atoms with Crippen molar-refractivity contribution in [2.45, 2.75) is 19.4 Å². The molecule has 0 fully saturated rings. The van der Waals surface area contributed by atoms with Crippen LogP contribution in [0.25, 0.3) is 0 Å². The fourth-order valence-electron chi connectivity index (χ4n) is 2.37. The molecule has 5 nitrogen and oxygen atoms in total. The molecule has 0 radical (unpaired) electrons. The quantitative estimate of drug-likeness (QED) is 0.760. The molecule has 0 amide bonds. The van der Waals surface area contributed by atoms with E-state index in [0.717, 1.165) is 11.1 Å². The van der Waals surface area contributed by atoms with Crippen molar-refractivity contribution in [3.63, 3.8) is 0 Å². The second-order valence-corrected chi connectivity index (χ2v) is 5.20. The Bertz CT molecular complexity index is 777. The number of H-pyrrole nitrogens is 1. The Labute approximate surface area is 128 Å². The van der Waals surface area contributed by atoms with Crippen LogP contribution in [0.15, 0.2) is 65.5 Å². The smallest absolute Gasteiger partial charge is 0.313 e. The second-order valence-electron chi connectivity index (χ2n) is 5.20. The van der Waals surface area contributed by atoms with Gasteiger partial charge in [-0.1, -0.05) is 60.7 Å². The van der Waals surface area contributed by atoms with Gasteiger partial charge in [0.05, 0.1) is 6.04 Å². The monoisotopic (exact) mass is 294 g/mol. The molecule has 0 saturated carbocycles. The molecule has 1 heterocycles. The van der Waals surface area contributed by atoms with Gasteiger partial charge in [-0.15, -0.1) is 0 Å². The van der Waals surface area contributed by atoms with Gasteiger partial charge in [-0.3, -0.25) is 0 Å². The third-order valence-corrected chi connectivity index (χ3v) is 3.57. The highest BCUT2D eigenvalue weighted by atomic mass is 16.2. The molecule has 3 rings (SSSR count). The van der Waals surface area contributed by atoms with E-state index in [-0.39, 0.29) is 11.7 Å². The lowest BCUT2D eigenvalue weighted by molar-refractivity contribution is 0.680. The molecule has 22 heavy (non-hydrogen) atoms. The molecule has 3 aromatic rings. The summed E-state index contributed by atoms with van der Waals surface area (Å²) in [6.45, 7) is 2.01. The Hall–Kier alpha value is -2.82. The van der Waals surface area contributed by atoms with Gasteiger partial charge in [-0.25, -0.2) is 9.89 Å².